The van der Waals surface area contributed by atoms with Gasteiger partial charge >= 0.3 is 0 Å². The van der Waals surface area contributed by atoms with Crippen molar-refractivity contribution in [3.8, 4) is 22.6 Å². The molecule has 0 bridgehead atoms. The van der Waals surface area contributed by atoms with Crippen LogP contribution in [0.3, 0.4) is 0 Å². The van der Waals surface area contributed by atoms with Crippen LogP contribution in [-0.4, -0.2) is 9.67 Å². The Hall–Kier alpha value is -3.27. The molecule has 4 aromatic rings. The maximum atomic E-state index is 13.1. The predicted octanol–water partition coefficient (Wildman–Crippen LogP) is 4.57. The third-order valence-electron chi connectivity index (χ3n) is 4.39. The lowest BCUT2D eigenvalue weighted by Gasteiger charge is -2.08. The quantitative estimate of drug-likeness (QED) is 0.585. The number of aromatic nitrogens is 1. The molecule has 4 heteroatoms. The molecule has 2 aromatic heterocycles. The standard InChI is InChI=1S/C21H17NO3/c1-13-10-17(23)11-18-19(13)21(24)20(14(2)25-18)15-8-9-22(12-15)16-6-4-3-5-7-16/h3-12,23H,1-2H3. The highest BCUT2D eigenvalue weighted by Gasteiger charge is 2.16. The van der Waals surface area contributed by atoms with Crippen LogP contribution in [0.5, 0.6) is 5.75 Å². The highest BCUT2D eigenvalue weighted by atomic mass is 16.3. The molecule has 0 saturated heterocycles. The number of fused-ring (bicyclic) bond motifs is 1. The van der Waals surface area contributed by atoms with Crippen molar-refractivity contribution in [3.63, 3.8) is 0 Å². The third kappa shape index (κ3) is 2.52. The summed E-state index contributed by atoms with van der Waals surface area (Å²) in [6, 6.07) is 14.9. The van der Waals surface area contributed by atoms with Gasteiger partial charge in [0.1, 0.15) is 17.1 Å². The molecule has 4 rings (SSSR count). The summed E-state index contributed by atoms with van der Waals surface area (Å²) in [5.41, 5.74) is 3.42. The number of aromatic hydroxyl groups is 1. The van der Waals surface area contributed by atoms with Gasteiger partial charge in [0.15, 0.2) is 0 Å². The zero-order valence-electron chi connectivity index (χ0n) is 14.0. The molecule has 124 valence electrons. The molecule has 0 saturated carbocycles. The summed E-state index contributed by atoms with van der Waals surface area (Å²) in [6.45, 7) is 3.57. The van der Waals surface area contributed by atoms with Crippen LogP contribution in [0.4, 0.5) is 0 Å². The van der Waals surface area contributed by atoms with E-state index in [0.717, 1.165) is 11.3 Å². The summed E-state index contributed by atoms with van der Waals surface area (Å²) in [7, 11) is 0. The summed E-state index contributed by atoms with van der Waals surface area (Å²) in [5, 5.41) is 10.2. The number of hydrogen-bond donors (Lipinski definition) is 1. The Morgan fingerprint density at radius 1 is 1.04 bits per heavy atom. The minimum atomic E-state index is -0.0814. The van der Waals surface area contributed by atoms with Gasteiger partial charge in [-0.25, -0.2) is 0 Å². The van der Waals surface area contributed by atoms with E-state index in [4.69, 9.17) is 4.42 Å². The van der Waals surface area contributed by atoms with E-state index in [0.29, 0.717) is 27.9 Å². The van der Waals surface area contributed by atoms with Crippen LogP contribution in [0, 0.1) is 13.8 Å². The highest BCUT2D eigenvalue weighted by molar-refractivity contribution is 5.86. The molecule has 0 radical (unpaired) electrons. The van der Waals surface area contributed by atoms with Crippen LogP contribution < -0.4 is 5.43 Å². The number of rotatable bonds is 2. The van der Waals surface area contributed by atoms with Gasteiger partial charge in [0.05, 0.1) is 10.9 Å². The lowest BCUT2D eigenvalue weighted by molar-refractivity contribution is 0.473. The lowest BCUT2D eigenvalue weighted by Crippen LogP contribution is -2.08. The van der Waals surface area contributed by atoms with Crippen LogP contribution in [0.25, 0.3) is 27.8 Å². The van der Waals surface area contributed by atoms with E-state index in [1.54, 1.807) is 19.9 Å². The fourth-order valence-corrected chi connectivity index (χ4v) is 3.25. The van der Waals surface area contributed by atoms with Crippen molar-refractivity contribution in [1.82, 2.24) is 4.57 Å². The summed E-state index contributed by atoms with van der Waals surface area (Å²) < 4.78 is 7.81. The molecule has 1 N–H and O–H groups in total. The van der Waals surface area contributed by atoms with Crippen molar-refractivity contribution in [2.75, 3.05) is 0 Å². The maximum Gasteiger partial charge on any atom is 0.201 e. The lowest BCUT2D eigenvalue weighted by atomic mass is 10.0. The van der Waals surface area contributed by atoms with Crippen LogP contribution in [0.15, 0.2) is 70.1 Å². The number of hydrogen-bond acceptors (Lipinski definition) is 3. The van der Waals surface area contributed by atoms with E-state index in [2.05, 4.69) is 0 Å². The molecule has 2 heterocycles. The SMILES string of the molecule is Cc1oc2cc(O)cc(C)c2c(=O)c1-c1ccn(-c2ccccc2)c1. The number of phenolic OH excluding ortho intramolecular Hbond substituents is 1. The molecular formula is C21H17NO3. The first-order chi connectivity index (χ1) is 12.0. The Morgan fingerprint density at radius 3 is 2.56 bits per heavy atom. The first kappa shape index (κ1) is 15.3. The minimum absolute atomic E-state index is 0.0814. The second kappa shape index (κ2) is 5.67. The summed E-state index contributed by atoms with van der Waals surface area (Å²) in [5.74, 6) is 0.629. The molecule has 25 heavy (non-hydrogen) atoms. The molecule has 0 aliphatic rings. The molecule has 0 atom stereocenters. The molecule has 0 aliphatic carbocycles. The molecular weight excluding hydrogens is 314 g/mol. The second-order valence-electron chi connectivity index (χ2n) is 6.14. The van der Waals surface area contributed by atoms with Crippen LogP contribution >= 0.6 is 0 Å². The number of phenols is 1. The summed E-state index contributed by atoms with van der Waals surface area (Å²) in [6.07, 6.45) is 3.85. The number of nitrogens with zero attached hydrogens (tertiary/aromatic N) is 1. The minimum Gasteiger partial charge on any atom is -0.508 e. The Morgan fingerprint density at radius 2 is 1.80 bits per heavy atom. The molecule has 2 aromatic carbocycles. The van der Waals surface area contributed by atoms with Gasteiger partial charge in [0.25, 0.3) is 0 Å². The average Bonchev–Trinajstić information content (AvgIpc) is 3.04. The van der Waals surface area contributed by atoms with Crippen molar-refractivity contribution in [2.24, 2.45) is 0 Å². The van der Waals surface area contributed by atoms with Crippen LogP contribution in [0.2, 0.25) is 0 Å². The second-order valence-corrected chi connectivity index (χ2v) is 6.14. The third-order valence-corrected chi connectivity index (χ3v) is 4.39. The van der Waals surface area contributed by atoms with E-state index in [1.165, 1.54) is 6.07 Å². The van der Waals surface area contributed by atoms with Crippen molar-refractivity contribution < 1.29 is 9.52 Å². The molecule has 0 amide bonds. The molecule has 0 unspecified atom stereocenters. The van der Waals surface area contributed by atoms with E-state index < -0.39 is 0 Å². The van der Waals surface area contributed by atoms with E-state index in [1.807, 2.05) is 53.4 Å². The molecule has 0 aliphatic heterocycles. The van der Waals surface area contributed by atoms with Crippen molar-refractivity contribution in [2.45, 2.75) is 13.8 Å². The van der Waals surface area contributed by atoms with Gasteiger partial charge in [-0.3, -0.25) is 4.79 Å². The average molecular weight is 331 g/mol. The van der Waals surface area contributed by atoms with Crippen molar-refractivity contribution in [1.29, 1.82) is 0 Å². The first-order valence-electron chi connectivity index (χ1n) is 8.05. The van der Waals surface area contributed by atoms with Gasteiger partial charge < -0.3 is 14.1 Å². The largest absolute Gasteiger partial charge is 0.508 e. The summed E-state index contributed by atoms with van der Waals surface area (Å²) >= 11 is 0. The topological polar surface area (TPSA) is 55.4 Å². The molecule has 0 spiro atoms. The van der Waals surface area contributed by atoms with Gasteiger partial charge in [0, 0.05) is 29.7 Å². The van der Waals surface area contributed by atoms with Gasteiger partial charge in [0.2, 0.25) is 5.43 Å². The Bertz CT molecular complexity index is 1140. The van der Waals surface area contributed by atoms with Crippen molar-refractivity contribution >= 4 is 11.0 Å². The van der Waals surface area contributed by atoms with Gasteiger partial charge in [-0.2, -0.15) is 0 Å². The normalized spacial score (nSPS) is 11.1. The zero-order chi connectivity index (χ0) is 17.6. The van der Waals surface area contributed by atoms with Gasteiger partial charge in [-0.15, -0.1) is 0 Å². The zero-order valence-corrected chi connectivity index (χ0v) is 14.0. The first-order valence-corrected chi connectivity index (χ1v) is 8.05. The number of benzene rings is 2. The van der Waals surface area contributed by atoms with Gasteiger partial charge in [-0.05, 0) is 43.7 Å². The van der Waals surface area contributed by atoms with Crippen molar-refractivity contribution in [3.05, 3.63) is 82.5 Å². The fourth-order valence-electron chi connectivity index (χ4n) is 3.25. The Labute approximate surface area is 144 Å². The predicted molar refractivity (Wildman–Crippen MR) is 98.4 cm³/mol. The van der Waals surface area contributed by atoms with E-state index in [9.17, 15) is 9.90 Å². The number of aryl methyl sites for hydroxylation is 2. The molecule has 4 nitrogen and oxygen atoms in total. The maximum absolute atomic E-state index is 13.1. The van der Waals surface area contributed by atoms with E-state index in [-0.39, 0.29) is 11.2 Å². The van der Waals surface area contributed by atoms with E-state index >= 15 is 0 Å². The Balaban J connectivity index is 1.93. The summed E-state index contributed by atoms with van der Waals surface area (Å²) in [4.78, 5) is 13.1. The Kier molecular flexibility index (Phi) is 3.46. The monoisotopic (exact) mass is 331 g/mol. The number of para-hydroxylation sites is 1. The van der Waals surface area contributed by atoms with Crippen LogP contribution in [0.1, 0.15) is 11.3 Å². The fraction of sp³-hybridized carbons (Fsp3) is 0.0952. The highest BCUT2D eigenvalue weighted by Crippen LogP contribution is 2.28. The molecule has 0 fully saturated rings. The van der Waals surface area contributed by atoms with Gasteiger partial charge in [-0.1, -0.05) is 18.2 Å². The van der Waals surface area contributed by atoms with Crippen LogP contribution in [-0.2, 0) is 0 Å². The smallest absolute Gasteiger partial charge is 0.201 e.